The van der Waals surface area contributed by atoms with E-state index in [4.69, 9.17) is 0 Å². The smallest absolute Gasteiger partial charge is 0.387 e. The van der Waals surface area contributed by atoms with Crippen molar-refractivity contribution in [2.45, 2.75) is 0 Å². The summed E-state index contributed by atoms with van der Waals surface area (Å²) in [5.74, 6) is -2.58. The van der Waals surface area contributed by atoms with E-state index in [9.17, 15) is 39.7 Å². The molecule has 0 amide bonds. The molecule has 2 aromatic carbocycles. The van der Waals surface area contributed by atoms with Crippen LogP contribution in [0.5, 0.6) is 5.75 Å². The van der Waals surface area contributed by atoms with Crippen LogP contribution in [0.4, 0.5) is 11.4 Å². The Balaban J connectivity index is 2.28. The van der Waals surface area contributed by atoms with Crippen molar-refractivity contribution >= 4 is 28.1 Å². The van der Waals surface area contributed by atoms with E-state index in [0.717, 1.165) is 6.07 Å². The molecule has 12 nitrogen and oxygen atoms in total. The second kappa shape index (κ2) is 6.18. The van der Waals surface area contributed by atoms with Crippen LogP contribution < -0.4 is 11.1 Å². The molecule has 0 fully saturated rings. The van der Waals surface area contributed by atoms with Gasteiger partial charge in [0, 0.05) is 6.07 Å². The maximum atomic E-state index is 12.6. The lowest BCUT2D eigenvalue weighted by atomic mass is 10.1. The zero-order valence-corrected chi connectivity index (χ0v) is 13.1. The summed E-state index contributed by atoms with van der Waals surface area (Å²) >= 11 is 0. The van der Waals surface area contributed by atoms with Gasteiger partial charge in [-0.15, -0.1) is 0 Å². The Kier molecular flexibility index (Phi) is 4.00. The minimum atomic E-state index is -1.30. The molecule has 0 atom stereocenters. The number of nitrogens with zero attached hydrogens (tertiary/aromatic N) is 3. The number of carbonyl (C=O) groups is 1. The minimum absolute atomic E-state index is 0.0189. The van der Waals surface area contributed by atoms with Crippen LogP contribution in [0, 0.1) is 20.2 Å². The van der Waals surface area contributed by atoms with Crippen LogP contribution in [0.1, 0.15) is 10.4 Å². The van der Waals surface area contributed by atoms with Gasteiger partial charge in [-0.3, -0.25) is 39.7 Å². The molecule has 0 aliphatic rings. The lowest BCUT2D eigenvalue weighted by molar-refractivity contribution is -0.423. The third-order valence-electron chi connectivity index (χ3n) is 3.76. The van der Waals surface area contributed by atoms with Crippen molar-refractivity contribution in [2.24, 2.45) is 0 Å². The molecule has 1 aromatic heterocycles. The van der Waals surface area contributed by atoms with Gasteiger partial charge in [0.15, 0.2) is 0 Å². The van der Waals surface area contributed by atoms with Crippen LogP contribution in [0.25, 0.3) is 10.8 Å². The van der Waals surface area contributed by atoms with Gasteiger partial charge in [0.05, 0.1) is 26.2 Å². The van der Waals surface area contributed by atoms with E-state index in [1.165, 1.54) is 24.3 Å². The number of aromatic hydroxyl groups is 1. The largest absolute Gasteiger partial charge is 0.501 e. The Hall–Kier alpha value is -4.35. The molecule has 0 aliphatic carbocycles. The maximum absolute atomic E-state index is 12.6. The standard InChI is InChI=1S/C15H8N4O8/c20-12-9(5-6-10(18(24)25)11(12)19(26)27)15(23)17-14(22)8-4-2-1-3-7(8)13(21)16-17/h1-6,20H,(H,16,21). The summed E-state index contributed by atoms with van der Waals surface area (Å²) in [4.78, 5) is 56.7. The molecule has 0 saturated heterocycles. The number of phenols is 1. The summed E-state index contributed by atoms with van der Waals surface area (Å²) in [5.41, 5.74) is -4.82. The highest BCUT2D eigenvalue weighted by atomic mass is 16.6. The summed E-state index contributed by atoms with van der Waals surface area (Å²) in [5, 5.41) is 33.9. The van der Waals surface area contributed by atoms with Gasteiger partial charge in [0.2, 0.25) is 5.75 Å². The number of hydrogen-bond donors (Lipinski definition) is 2. The number of nitro groups is 2. The molecule has 0 saturated carbocycles. The normalized spacial score (nSPS) is 10.7. The molecule has 12 heteroatoms. The third kappa shape index (κ3) is 2.70. The molecule has 3 rings (SSSR count). The fourth-order valence-corrected chi connectivity index (χ4v) is 2.53. The highest BCUT2D eigenvalue weighted by molar-refractivity contribution is 6.00. The second-order valence-corrected chi connectivity index (χ2v) is 5.28. The first-order valence-electron chi connectivity index (χ1n) is 7.17. The monoisotopic (exact) mass is 372 g/mol. The highest BCUT2D eigenvalue weighted by Gasteiger charge is 2.33. The molecule has 1 heterocycles. The number of benzene rings is 2. The fraction of sp³-hybridized carbons (Fsp3) is 0. The van der Waals surface area contributed by atoms with Crippen molar-refractivity contribution in [3.8, 4) is 5.75 Å². The van der Waals surface area contributed by atoms with E-state index >= 15 is 0 Å². The number of carbonyl (C=O) groups excluding carboxylic acids is 1. The van der Waals surface area contributed by atoms with Gasteiger partial charge in [-0.1, -0.05) is 12.1 Å². The second-order valence-electron chi connectivity index (χ2n) is 5.28. The fourth-order valence-electron chi connectivity index (χ4n) is 2.53. The summed E-state index contributed by atoms with van der Waals surface area (Å²) in [6.07, 6.45) is 0. The topological polar surface area (TPSA) is 178 Å². The molecule has 136 valence electrons. The van der Waals surface area contributed by atoms with E-state index < -0.39 is 49.6 Å². The molecule has 0 spiro atoms. The molecule has 0 bridgehead atoms. The molecule has 0 aliphatic heterocycles. The van der Waals surface area contributed by atoms with Gasteiger partial charge in [-0.2, -0.15) is 4.68 Å². The Labute approximate surface area is 147 Å². The van der Waals surface area contributed by atoms with E-state index in [2.05, 4.69) is 0 Å². The van der Waals surface area contributed by atoms with Crippen LogP contribution in [-0.2, 0) is 0 Å². The van der Waals surface area contributed by atoms with Crippen molar-refractivity contribution in [2.75, 3.05) is 0 Å². The summed E-state index contributed by atoms with van der Waals surface area (Å²) in [6.45, 7) is 0. The molecule has 2 N–H and O–H groups in total. The average molecular weight is 372 g/mol. The molecule has 0 radical (unpaired) electrons. The quantitative estimate of drug-likeness (QED) is 0.502. The summed E-state index contributed by atoms with van der Waals surface area (Å²) in [7, 11) is 0. The first-order valence-corrected chi connectivity index (χ1v) is 7.17. The van der Waals surface area contributed by atoms with Gasteiger partial charge in [0.25, 0.3) is 17.0 Å². The Morgan fingerprint density at radius 3 is 2.22 bits per heavy atom. The number of fused-ring (bicyclic) bond motifs is 1. The Morgan fingerprint density at radius 1 is 1.00 bits per heavy atom. The zero-order valence-electron chi connectivity index (χ0n) is 13.1. The van der Waals surface area contributed by atoms with Crippen LogP contribution in [-0.4, -0.2) is 30.6 Å². The predicted octanol–water partition coefficient (Wildman–Crippen LogP) is 0.900. The number of nitrogens with one attached hydrogen (secondary N) is 1. The van der Waals surface area contributed by atoms with Crippen LogP contribution in [0.2, 0.25) is 0 Å². The lowest BCUT2D eigenvalue weighted by Gasteiger charge is -2.07. The van der Waals surface area contributed by atoms with Gasteiger partial charge < -0.3 is 5.11 Å². The Bertz CT molecular complexity index is 1260. The number of nitro benzene ring substituents is 2. The Morgan fingerprint density at radius 2 is 1.63 bits per heavy atom. The molecule has 0 unspecified atom stereocenters. The third-order valence-corrected chi connectivity index (χ3v) is 3.76. The number of aromatic amines is 1. The molecular formula is C15H8N4O8. The highest BCUT2D eigenvalue weighted by Crippen LogP contribution is 2.38. The van der Waals surface area contributed by atoms with E-state index in [-0.39, 0.29) is 15.5 Å². The molecular weight excluding hydrogens is 364 g/mol. The minimum Gasteiger partial charge on any atom is -0.501 e. The van der Waals surface area contributed by atoms with Gasteiger partial charge in [-0.05, 0) is 18.2 Å². The SMILES string of the molecule is O=C(c1ccc([N+](=O)[O-])c([N+](=O)[O-])c1O)n1[nH]c(=O)c2ccccc2c1=O. The number of aromatic nitrogens is 2. The maximum Gasteiger partial charge on any atom is 0.387 e. The van der Waals surface area contributed by atoms with Gasteiger partial charge >= 0.3 is 11.4 Å². The predicted molar refractivity (Wildman–Crippen MR) is 90.0 cm³/mol. The molecule has 3 aromatic rings. The van der Waals surface area contributed by atoms with E-state index in [0.29, 0.717) is 6.07 Å². The first kappa shape index (κ1) is 17.5. The first-order chi connectivity index (χ1) is 12.7. The van der Waals surface area contributed by atoms with Crippen LogP contribution in [0.3, 0.4) is 0 Å². The lowest BCUT2D eigenvalue weighted by Crippen LogP contribution is -2.35. The van der Waals surface area contributed by atoms with Crippen molar-refractivity contribution in [3.63, 3.8) is 0 Å². The van der Waals surface area contributed by atoms with Crippen molar-refractivity contribution in [1.82, 2.24) is 9.78 Å². The zero-order chi connectivity index (χ0) is 19.9. The van der Waals surface area contributed by atoms with Gasteiger partial charge in [-0.25, -0.2) is 0 Å². The summed E-state index contributed by atoms with van der Waals surface area (Å²) in [6, 6.07) is 7.03. The van der Waals surface area contributed by atoms with Gasteiger partial charge in [0.1, 0.15) is 0 Å². The average Bonchev–Trinajstić information content (AvgIpc) is 2.63. The number of H-pyrrole nitrogens is 1. The van der Waals surface area contributed by atoms with Crippen molar-refractivity contribution in [1.29, 1.82) is 0 Å². The molecule has 27 heavy (non-hydrogen) atoms. The number of rotatable bonds is 3. The van der Waals surface area contributed by atoms with Crippen molar-refractivity contribution in [3.05, 3.63) is 82.9 Å². The van der Waals surface area contributed by atoms with E-state index in [1.54, 1.807) is 0 Å². The van der Waals surface area contributed by atoms with Crippen LogP contribution >= 0.6 is 0 Å². The summed E-state index contributed by atoms with van der Waals surface area (Å²) < 4.78 is 0.273. The van der Waals surface area contributed by atoms with E-state index in [1.807, 2.05) is 5.10 Å². The number of phenolic OH excluding ortho intramolecular Hbond substituents is 1. The van der Waals surface area contributed by atoms with Crippen LogP contribution in [0.15, 0.2) is 46.0 Å². The number of hydrogen-bond acceptors (Lipinski definition) is 8. The van der Waals surface area contributed by atoms with Crippen molar-refractivity contribution < 1.29 is 19.7 Å².